The number of hydrogen-bond acceptors (Lipinski definition) is 4. The van der Waals surface area contributed by atoms with E-state index >= 15 is 0 Å². The lowest BCUT2D eigenvalue weighted by molar-refractivity contribution is 0.0944. The Kier molecular flexibility index (Phi) is 6.01. The lowest BCUT2D eigenvalue weighted by Crippen LogP contribution is -2.26. The summed E-state index contributed by atoms with van der Waals surface area (Å²) in [5.41, 5.74) is 0.175. The van der Waals surface area contributed by atoms with Gasteiger partial charge in [0.05, 0.1) is 5.69 Å². The molecule has 6 nitrogen and oxygen atoms in total. The van der Waals surface area contributed by atoms with Crippen molar-refractivity contribution in [3.05, 3.63) is 11.4 Å². The van der Waals surface area contributed by atoms with Crippen molar-refractivity contribution in [3.63, 3.8) is 0 Å². The Bertz CT molecular complexity index is 567. The fourth-order valence-electron chi connectivity index (χ4n) is 1.82. The topological polar surface area (TPSA) is 91.9 Å². The summed E-state index contributed by atoms with van der Waals surface area (Å²) in [6.45, 7) is 6.43. The van der Waals surface area contributed by atoms with Gasteiger partial charge in [-0.15, -0.1) is 0 Å². The first-order valence-electron chi connectivity index (χ1n) is 6.57. The molecule has 0 aliphatic heterocycles. The molecule has 8 heteroatoms. The van der Waals surface area contributed by atoms with E-state index in [0.717, 1.165) is 12.8 Å². The maximum Gasteiger partial charge on any atom is 0.273 e. The van der Waals surface area contributed by atoms with Crippen molar-refractivity contribution in [1.29, 1.82) is 0 Å². The fourth-order valence-corrected chi connectivity index (χ4v) is 3.17. The molecular formula is C12H20ClN3O3S. The average Bonchev–Trinajstić information content (AvgIpc) is 2.77. The molecule has 0 radical (unpaired) electrons. The number of carbonyl (C=O) groups excluding carboxylic acids is 1. The largest absolute Gasteiger partial charge is 0.351 e. The maximum atomic E-state index is 12.0. The van der Waals surface area contributed by atoms with Crippen molar-refractivity contribution in [2.75, 3.05) is 6.54 Å². The Balaban J connectivity index is 2.81. The number of carbonyl (C=O) groups is 1. The van der Waals surface area contributed by atoms with Gasteiger partial charge in [0.25, 0.3) is 15.0 Å². The molecule has 1 aromatic heterocycles. The van der Waals surface area contributed by atoms with E-state index in [4.69, 9.17) is 10.7 Å². The molecule has 2 N–H and O–H groups in total. The number of aromatic nitrogens is 2. The number of aryl methyl sites for hydroxylation is 1. The first-order valence-corrected chi connectivity index (χ1v) is 8.88. The zero-order valence-corrected chi connectivity index (χ0v) is 13.4. The van der Waals surface area contributed by atoms with Crippen LogP contribution in [0.3, 0.4) is 0 Å². The average molecular weight is 322 g/mol. The van der Waals surface area contributed by atoms with Crippen LogP contribution >= 0.6 is 10.7 Å². The zero-order valence-electron chi connectivity index (χ0n) is 11.9. The van der Waals surface area contributed by atoms with Crippen LogP contribution in [-0.2, 0) is 15.5 Å². The molecule has 0 spiro atoms. The summed E-state index contributed by atoms with van der Waals surface area (Å²) in [5.74, 6) is 0.0340. The summed E-state index contributed by atoms with van der Waals surface area (Å²) in [6.07, 6.45) is 2.22. The van der Waals surface area contributed by atoms with Gasteiger partial charge >= 0.3 is 0 Å². The van der Waals surface area contributed by atoms with Crippen LogP contribution in [0.5, 0.6) is 0 Å². The summed E-state index contributed by atoms with van der Waals surface area (Å²) in [4.78, 5) is 11.7. The number of amides is 1. The number of hydrogen-bond donors (Lipinski definition) is 2. The first kappa shape index (κ1) is 17.0. The third-order valence-corrected chi connectivity index (χ3v) is 4.24. The van der Waals surface area contributed by atoms with Crippen LogP contribution in [0.25, 0.3) is 0 Å². The number of aromatic amines is 1. The predicted molar refractivity (Wildman–Crippen MR) is 77.4 cm³/mol. The van der Waals surface area contributed by atoms with Crippen molar-refractivity contribution in [3.8, 4) is 0 Å². The molecule has 20 heavy (non-hydrogen) atoms. The third kappa shape index (κ3) is 4.49. The SMILES string of the molecule is CCc1[nH]nc(C(=O)NCCCC(C)C)c1S(=O)(=O)Cl. The van der Waals surface area contributed by atoms with Crippen molar-refractivity contribution < 1.29 is 13.2 Å². The molecule has 0 aliphatic rings. The van der Waals surface area contributed by atoms with E-state index in [1.54, 1.807) is 6.92 Å². The van der Waals surface area contributed by atoms with Crippen LogP contribution in [0.15, 0.2) is 4.90 Å². The van der Waals surface area contributed by atoms with Gasteiger partial charge in [-0.05, 0) is 25.2 Å². The molecule has 0 saturated heterocycles. The second-order valence-corrected chi connectivity index (χ2v) is 7.47. The molecule has 114 valence electrons. The van der Waals surface area contributed by atoms with E-state index < -0.39 is 15.0 Å². The van der Waals surface area contributed by atoms with E-state index in [0.29, 0.717) is 24.6 Å². The molecule has 0 atom stereocenters. The van der Waals surface area contributed by atoms with Gasteiger partial charge in [0.15, 0.2) is 5.69 Å². The number of halogens is 1. The van der Waals surface area contributed by atoms with E-state index in [-0.39, 0.29) is 10.6 Å². The van der Waals surface area contributed by atoms with Crippen LogP contribution in [0.1, 0.15) is 49.8 Å². The maximum absolute atomic E-state index is 12.0. The summed E-state index contributed by atoms with van der Waals surface area (Å²) in [6, 6.07) is 0. The molecule has 1 heterocycles. The Labute approximate surface area is 123 Å². The quantitative estimate of drug-likeness (QED) is 0.594. The number of rotatable bonds is 7. The molecular weight excluding hydrogens is 302 g/mol. The molecule has 0 fully saturated rings. The highest BCUT2D eigenvalue weighted by Crippen LogP contribution is 2.22. The minimum Gasteiger partial charge on any atom is -0.351 e. The Morgan fingerprint density at radius 3 is 2.60 bits per heavy atom. The smallest absolute Gasteiger partial charge is 0.273 e. The standard InChI is InChI=1S/C12H20ClN3O3S/c1-4-9-11(20(13,18)19)10(16-15-9)12(17)14-7-5-6-8(2)3/h8H,4-7H2,1-3H3,(H,14,17)(H,15,16). The summed E-state index contributed by atoms with van der Waals surface area (Å²) in [7, 11) is 1.36. The lowest BCUT2D eigenvalue weighted by Gasteiger charge is -2.06. The van der Waals surface area contributed by atoms with Gasteiger partial charge < -0.3 is 5.32 Å². The Morgan fingerprint density at radius 2 is 2.10 bits per heavy atom. The molecule has 1 aromatic rings. The van der Waals surface area contributed by atoms with E-state index in [2.05, 4.69) is 29.4 Å². The third-order valence-electron chi connectivity index (χ3n) is 2.85. The van der Waals surface area contributed by atoms with Crippen molar-refractivity contribution in [1.82, 2.24) is 15.5 Å². The lowest BCUT2D eigenvalue weighted by atomic mass is 10.1. The van der Waals surface area contributed by atoms with Crippen LogP contribution in [0, 0.1) is 5.92 Å². The molecule has 0 saturated carbocycles. The summed E-state index contributed by atoms with van der Waals surface area (Å²) < 4.78 is 23.1. The number of H-pyrrole nitrogens is 1. The van der Waals surface area contributed by atoms with Gasteiger partial charge in [0.2, 0.25) is 0 Å². The molecule has 0 bridgehead atoms. The van der Waals surface area contributed by atoms with E-state index in [1.165, 1.54) is 0 Å². The summed E-state index contributed by atoms with van der Waals surface area (Å²) >= 11 is 0. The highest BCUT2D eigenvalue weighted by atomic mass is 35.7. The number of nitrogens with zero attached hydrogens (tertiary/aromatic N) is 1. The van der Waals surface area contributed by atoms with Crippen molar-refractivity contribution >= 4 is 25.6 Å². The van der Waals surface area contributed by atoms with Crippen LogP contribution < -0.4 is 5.32 Å². The second-order valence-electron chi connectivity index (χ2n) is 4.96. The van der Waals surface area contributed by atoms with Crippen LogP contribution in [-0.4, -0.2) is 31.1 Å². The van der Waals surface area contributed by atoms with Gasteiger partial charge in [0, 0.05) is 17.2 Å². The molecule has 1 rings (SSSR count). The Hall–Kier alpha value is -1.08. The Morgan fingerprint density at radius 1 is 1.45 bits per heavy atom. The zero-order chi connectivity index (χ0) is 15.3. The van der Waals surface area contributed by atoms with Crippen molar-refractivity contribution in [2.24, 2.45) is 5.92 Å². The predicted octanol–water partition coefficient (Wildman–Crippen LogP) is 2.07. The van der Waals surface area contributed by atoms with Gasteiger partial charge in [0.1, 0.15) is 4.90 Å². The van der Waals surface area contributed by atoms with Gasteiger partial charge in [-0.1, -0.05) is 20.8 Å². The fraction of sp³-hybridized carbons (Fsp3) is 0.667. The van der Waals surface area contributed by atoms with Gasteiger partial charge in [-0.3, -0.25) is 9.89 Å². The van der Waals surface area contributed by atoms with Gasteiger partial charge in [-0.2, -0.15) is 5.10 Å². The van der Waals surface area contributed by atoms with Crippen molar-refractivity contribution in [2.45, 2.75) is 44.9 Å². The van der Waals surface area contributed by atoms with E-state index in [9.17, 15) is 13.2 Å². The second kappa shape index (κ2) is 7.08. The van der Waals surface area contributed by atoms with Crippen LogP contribution in [0.2, 0.25) is 0 Å². The van der Waals surface area contributed by atoms with E-state index in [1.807, 2.05) is 0 Å². The normalized spacial score (nSPS) is 11.8. The minimum atomic E-state index is -4.00. The minimum absolute atomic E-state index is 0.165. The molecule has 0 aliphatic carbocycles. The molecule has 0 aromatic carbocycles. The molecule has 1 amide bonds. The summed E-state index contributed by atoms with van der Waals surface area (Å²) in [5, 5.41) is 8.97. The number of nitrogens with one attached hydrogen (secondary N) is 2. The van der Waals surface area contributed by atoms with Crippen LogP contribution in [0.4, 0.5) is 0 Å². The van der Waals surface area contributed by atoms with Gasteiger partial charge in [-0.25, -0.2) is 8.42 Å². The first-order chi connectivity index (χ1) is 9.27. The molecule has 0 unspecified atom stereocenters. The monoisotopic (exact) mass is 321 g/mol. The highest BCUT2D eigenvalue weighted by molar-refractivity contribution is 8.13. The highest BCUT2D eigenvalue weighted by Gasteiger charge is 2.27.